The van der Waals surface area contributed by atoms with E-state index in [1.807, 2.05) is 24.3 Å². The average molecular weight is 310 g/mol. The van der Waals surface area contributed by atoms with Crippen LogP contribution in [0.4, 0.5) is 0 Å². The Kier molecular flexibility index (Phi) is 4.07. The van der Waals surface area contributed by atoms with Gasteiger partial charge in [-0.25, -0.2) is 0 Å². The Morgan fingerprint density at radius 3 is 3.00 bits per heavy atom. The largest absolute Gasteiger partial charge is 0.488 e. The summed E-state index contributed by atoms with van der Waals surface area (Å²) in [6.07, 6.45) is 1.89. The molecule has 0 saturated carbocycles. The van der Waals surface area contributed by atoms with Crippen LogP contribution in [0.3, 0.4) is 0 Å². The molecule has 96 valence electrons. The third-order valence-electron chi connectivity index (χ3n) is 2.65. The lowest BCUT2D eigenvalue weighted by Gasteiger charge is -2.18. The fourth-order valence-electron chi connectivity index (χ4n) is 1.69. The Morgan fingerprint density at radius 1 is 1.50 bits per heavy atom. The van der Waals surface area contributed by atoms with Gasteiger partial charge >= 0.3 is 0 Å². The molecule has 1 N–H and O–H groups in total. The van der Waals surface area contributed by atoms with Crippen molar-refractivity contribution >= 4 is 27.9 Å². The Bertz CT molecular complexity index is 495. The standard InChI is InChI=1S/C14H16BrNO2/c1-9(2)7-16-14(17)11-5-10-6-12(15)3-4-13(10)18-8-11/h3-6,9H,7-8H2,1-2H3,(H,16,17). The molecule has 0 saturated heterocycles. The fourth-order valence-corrected chi connectivity index (χ4v) is 2.07. The first-order chi connectivity index (χ1) is 8.56. The van der Waals surface area contributed by atoms with Gasteiger partial charge in [-0.15, -0.1) is 0 Å². The van der Waals surface area contributed by atoms with E-state index in [1.165, 1.54) is 0 Å². The molecular formula is C14H16BrNO2. The normalized spacial score (nSPS) is 13.7. The van der Waals surface area contributed by atoms with Crippen molar-refractivity contribution in [1.82, 2.24) is 5.32 Å². The number of benzene rings is 1. The summed E-state index contributed by atoms with van der Waals surface area (Å²) in [6, 6.07) is 5.78. The number of fused-ring (bicyclic) bond motifs is 1. The van der Waals surface area contributed by atoms with Crippen molar-refractivity contribution in [2.45, 2.75) is 13.8 Å². The van der Waals surface area contributed by atoms with Gasteiger partial charge in [0, 0.05) is 16.6 Å². The average Bonchev–Trinajstić information content (AvgIpc) is 2.34. The van der Waals surface area contributed by atoms with Crippen LogP contribution in [0, 0.1) is 5.92 Å². The van der Waals surface area contributed by atoms with E-state index in [4.69, 9.17) is 4.74 Å². The zero-order chi connectivity index (χ0) is 13.1. The van der Waals surface area contributed by atoms with Crippen molar-refractivity contribution in [3.8, 4) is 5.75 Å². The third-order valence-corrected chi connectivity index (χ3v) is 3.14. The number of carbonyl (C=O) groups excluding carboxylic acids is 1. The molecule has 2 rings (SSSR count). The quantitative estimate of drug-likeness (QED) is 0.932. The van der Waals surface area contributed by atoms with Crippen molar-refractivity contribution in [2.75, 3.05) is 13.2 Å². The summed E-state index contributed by atoms with van der Waals surface area (Å²) in [5.74, 6) is 1.22. The zero-order valence-electron chi connectivity index (χ0n) is 10.5. The second-order valence-corrected chi connectivity index (χ2v) is 5.66. The molecule has 0 atom stereocenters. The maximum atomic E-state index is 11.9. The van der Waals surface area contributed by atoms with Crippen molar-refractivity contribution < 1.29 is 9.53 Å². The summed E-state index contributed by atoms with van der Waals surface area (Å²) in [5.41, 5.74) is 1.60. The molecule has 1 aromatic rings. The van der Waals surface area contributed by atoms with Gasteiger partial charge < -0.3 is 10.1 Å². The summed E-state index contributed by atoms with van der Waals surface area (Å²) < 4.78 is 6.55. The fraction of sp³-hybridized carbons (Fsp3) is 0.357. The second kappa shape index (κ2) is 5.57. The van der Waals surface area contributed by atoms with Crippen LogP contribution in [0.25, 0.3) is 6.08 Å². The van der Waals surface area contributed by atoms with Crippen LogP contribution in [0.15, 0.2) is 28.2 Å². The van der Waals surface area contributed by atoms with Crippen LogP contribution in [0.5, 0.6) is 5.75 Å². The van der Waals surface area contributed by atoms with Gasteiger partial charge in [0.05, 0.1) is 5.57 Å². The monoisotopic (exact) mass is 309 g/mol. The molecule has 1 amide bonds. The second-order valence-electron chi connectivity index (χ2n) is 4.74. The highest BCUT2D eigenvalue weighted by Crippen LogP contribution is 2.29. The molecule has 0 fully saturated rings. The predicted octanol–water partition coefficient (Wildman–Crippen LogP) is 3.00. The number of nitrogens with one attached hydrogen (secondary N) is 1. The number of hydrogen-bond acceptors (Lipinski definition) is 2. The maximum absolute atomic E-state index is 11.9. The molecule has 0 unspecified atom stereocenters. The number of amides is 1. The number of hydrogen-bond donors (Lipinski definition) is 1. The topological polar surface area (TPSA) is 38.3 Å². The summed E-state index contributed by atoms with van der Waals surface area (Å²) in [5, 5.41) is 2.90. The molecule has 4 heteroatoms. The highest BCUT2D eigenvalue weighted by molar-refractivity contribution is 9.10. The minimum atomic E-state index is -0.0469. The first-order valence-electron chi connectivity index (χ1n) is 5.97. The van der Waals surface area contributed by atoms with Crippen LogP contribution in [-0.4, -0.2) is 19.1 Å². The predicted molar refractivity (Wildman–Crippen MR) is 75.5 cm³/mol. The van der Waals surface area contributed by atoms with E-state index in [2.05, 4.69) is 35.1 Å². The van der Waals surface area contributed by atoms with Gasteiger partial charge in [0.15, 0.2) is 0 Å². The van der Waals surface area contributed by atoms with Crippen molar-refractivity contribution in [3.63, 3.8) is 0 Å². The van der Waals surface area contributed by atoms with Crippen LogP contribution < -0.4 is 10.1 Å². The molecule has 1 heterocycles. The van der Waals surface area contributed by atoms with E-state index in [1.54, 1.807) is 0 Å². The molecule has 18 heavy (non-hydrogen) atoms. The summed E-state index contributed by atoms with van der Waals surface area (Å²) in [4.78, 5) is 11.9. The van der Waals surface area contributed by atoms with Gasteiger partial charge in [0.2, 0.25) is 0 Å². The Balaban J connectivity index is 2.14. The van der Waals surface area contributed by atoms with E-state index < -0.39 is 0 Å². The number of rotatable bonds is 3. The number of ether oxygens (including phenoxy) is 1. The Morgan fingerprint density at radius 2 is 2.28 bits per heavy atom. The summed E-state index contributed by atoms with van der Waals surface area (Å²) in [7, 11) is 0. The smallest absolute Gasteiger partial charge is 0.250 e. The number of halogens is 1. The minimum absolute atomic E-state index is 0.0469. The van der Waals surface area contributed by atoms with Gasteiger partial charge in [-0.3, -0.25) is 4.79 Å². The van der Waals surface area contributed by atoms with Crippen LogP contribution in [0.1, 0.15) is 19.4 Å². The van der Waals surface area contributed by atoms with E-state index in [0.717, 1.165) is 15.8 Å². The molecule has 0 aromatic heterocycles. The lowest BCUT2D eigenvalue weighted by atomic mass is 10.1. The Hall–Kier alpha value is -1.29. The SMILES string of the molecule is CC(C)CNC(=O)C1=Cc2cc(Br)ccc2OC1. The van der Waals surface area contributed by atoms with E-state index in [9.17, 15) is 4.79 Å². The number of carbonyl (C=O) groups is 1. The van der Waals surface area contributed by atoms with Crippen LogP contribution >= 0.6 is 15.9 Å². The van der Waals surface area contributed by atoms with E-state index in [0.29, 0.717) is 24.6 Å². The molecule has 1 aliphatic rings. The highest BCUT2D eigenvalue weighted by atomic mass is 79.9. The molecule has 1 aliphatic heterocycles. The van der Waals surface area contributed by atoms with Gasteiger partial charge in [-0.05, 0) is 30.2 Å². The van der Waals surface area contributed by atoms with Gasteiger partial charge in [-0.1, -0.05) is 29.8 Å². The molecule has 0 bridgehead atoms. The minimum Gasteiger partial charge on any atom is -0.488 e. The van der Waals surface area contributed by atoms with Crippen molar-refractivity contribution in [2.24, 2.45) is 5.92 Å². The highest BCUT2D eigenvalue weighted by Gasteiger charge is 2.17. The molecule has 0 aliphatic carbocycles. The Labute approximate surface area is 115 Å². The van der Waals surface area contributed by atoms with Gasteiger partial charge in [0.25, 0.3) is 5.91 Å². The first-order valence-corrected chi connectivity index (χ1v) is 6.76. The zero-order valence-corrected chi connectivity index (χ0v) is 12.1. The summed E-state index contributed by atoms with van der Waals surface area (Å²) >= 11 is 3.41. The van der Waals surface area contributed by atoms with E-state index in [-0.39, 0.29) is 5.91 Å². The molecule has 0 radical (unpaired) electrons. The third kappa shape index (κ3) is 3.13. The van der Waals surface area contributed by atoms with Gasteiger partial charge in [0.1, 0.15) is 12.4 Å². The molecular weight excluding hydrogens is 294 g/mol. The molecule has 1 aromatic carbocycles. The van der Waals surface area contributed by atoms with Crippen LogP contribution in [-0.2, 0) is 4.79 Å². The summed E-state index contributed by atoms with van der Waals surface area (Å²) in [6.45, 7) is 5.15. The first kappa shape index (κ1) is 13.1. The van der Waals surface area contributed by atoms with Crippen molar-refractivity contribution in [1.29, 1.82) is 0 Å². The van der Waals surface area contributed by atoms with Crippen molar-refractivity contribution in [3.05, 3.63) is 33.8 Å². The lowest BCUT2D eigenvalue weighted by molar-refractivity contribution is -0.117. The molecule has 0 spiro atoms. The van der Waals surface area contributed by atoms with E-state index >= 15 is 0 Å². The van der Waals surface area contributed by atoms with Gasteiger partial charge in [-0.2, -0.15) is 0 Å². The van der Waals surface area contributed by atoms with Crippen LogP contribution in [0.2, 0.25) is 0 Å². The lowest BCUT2D eigenvalue weighted by Crippen LogP contribution is -2.31. The maximum Gasteiger partial charge on any atom is 0.250 e. The molecule has 3 nitrogen and oxygen atoms in total.